The largest absolute Gasteiger partial charge is 0.489 e. The van der Waals surface area contributed by atoms with E-state index >= 15 is 0 Å². The van der Waals surface area contributed by atoms with Crippen molar-refractivity contribution in [3.8, 4) is 5.75 Å². The highest BCUT2D eigenvalue weighted by molar-refractivity contribution is 9.10. The van der Waals surface area contributed by atoms with Crippen LogP contribution in [0, 0.1) is 0 Å². The molecule has 0 unspecified atom stereocenters. The van der Waals surface area contributed by atoms with Gasteiger partial charge in [0.25, 0.3) is 0 Å². The third-order valence-corrected chi connectivity index (χ3v) is 4.63. The number of carbonyl (C=O) groups is 1. The van der Waals surface area contributed by atoms with E-state index in [2.05, 4.69) is 15.9 Å². The predicted octanol–water partition coefficient (Wildman–Crippen LogP) is 4.70. The molecule has 0 fully saturated rings. The maximum absolute atomic E-state index is 12.1. The second-order valence-corrected chi connectivity index (χ2v) is 6.19. The Bertz CT molecular complexity index is 871. The number of ether oxygens (including phenoxy) is 2. The van der Waals surface area contributed by atoms with Gasteiger partial charge in [0.1, 0.15) is 18.1 Å². The van der Waals surface area contributed by atoms with Gasteiger partial charge in [0, 0.05) is 18.0 Å². The molecule has 1 heterocycles. The Balaban J connectivity index is 1.90. The summed E-state index contributed by atoms with van der Waals surface area (Å²) in [5.74, 6) is 0.419. The minimum absolute atomic E-state index is 0.338. The summed E-state index contributed by atoms with van der Waals surface area (Å²) in [6.07, 6.45) is 0. The highest BCUT2D eigenvalue weighted by Gasteiger charge is 2.20. The molecule has 0 amide bonds. The summed E-state index contributed by atoms with van der Waals surface area (Å²) in [6, 6.07) is 15.8. The third kappa shape index (κ3) is 3.17. The molecule has 5 heteroatoms. The number of hydrogen-bond donors (Lipinski definition) is 0. The number of carbonyl (C=O) groups excluding carboxylic acids is 1. The molecule has 24 heavy (non-hydrogen) atoms. The zero-order valence-electron chi connectivity index (χ0n) is 13.6. The lowest BCUT2D eigenvalue weighted by atomic mass is 10.2. The predicted molar refractivity (Wildman–Crippen MR) is 97.3 cm³/mol. The topological polar surface area (TPSA) is 40.5 Å². The average Bonchev–Trinajstić information content (AvgIpc) is 2.85. The molecule has 0 bridgehead atoms. The quantitative estimate of drug-likeness (QED) is 0.595. The van der Waals surface area contributed by atoms with Gasteiger partial charge in [0.05, 0.1) is 11.1 Å². The van der Waals surface area contributed by atoms with Crippen molar-refractivity contribution in [2.24, 2.45) is 7.05 Å². The second-order valence-electron chi connectivity index (χ2n) is 5.40. The molecule has 0 atom stereocenters. The number of rotatable bonds is 5. The fraction of sp³-hybridized carbons (Fsp3) is 0.211. The van der Waals surface area contributed by atoms with Gasteiger partial charge >= 0.3 is 5.97 Å². The Morgan fingerprint density at radius 1 is 1.17 bits per heavy atom. The standard InChI is InChI=1S/C19H18BrNO3/c1-3-23-19(22)18-17(20)15-11-14(9-10-16(15)21(18)2)24-12-13-7-5-4-6-8-13/h4-11H,3,12H2,1-2H3. The van der Waals surface area contributed by atoms with Crippen LogP contribution in [-0.2, 0) is 18.4 Å². The normalized spacial score (nSPS) is 10.8. The second kappa shape index (κ2) is 7.09. The van der Waals surface area contributed by atoms with E-state index in [1.807, 2.05) is 60.1 Å². The summed E-state index contributed by atoms with van der Waals surface area (Å²) in [5, 5.41) is 0.922. The van der Waals surface area contributed by atoms with Gasteiger partial charge in [-0.1, -0.05) is 30.3 Å². The zero-order valence-corrected chi connectivity index (χ0v) is 15.2. The van der Waals surface area contributed by atoms with E-state index in [0.717, 1.165) is 26.7 Å². The number of benzene rings is 2. The van der Waals surface area contributed by atoms with E-state index in [-0.39, 0.29) is 5.97 Å². The van der Waals surface area contributed by atoms with Crippen LogP contribution in [0.15, 0.2) is 53.0 Å². The highest BCUT2D eigenvalue weighted by atomic mass is 79.9. The van der Waals surface area contributed by atoms with E-state index < -0.39 is 0 Å². The third-order valence-electron chi connectivity index (χ3n) is 3.83. The molecule has 0 N–H and O–H groups in total. The first-order valence-corrected chi connectivity index (χ1v) is 8.53. The van der Waals surface area contributed by atoms with E-state index in [9.17, 15) is 4.79 Å². The summed E-state index contributed by atoms with van der Waals surface area (Å²) in [7, 11) is 1.85. The Labute approximate surface area is 149 Å². The maximum Gasteiger partial charge on any atom is 0.356 e. The SMILES string of the molecule is CCOC(=O)c1c(Br)c2cc(OCc3ccccc3)ccc2n1C. The molecular formula is C19H18BrNO3. The van der Waals surface area contributed by atoms with Crippen molar-refractivity contribution in [3.05, 3.63) is 64.3 Å². The van der Waals surface area contributed by atoms with Crippen molar-refractivity contribution >= 4 is 32.8 Å². The zero-order chi connectivity index (χ0) is 17.1. The van der Waals surface area contributed by atoms with Gasteiger partial charge in [-0.25, -0.2) is 4.79 Å². The van der Waals surface area contributed by atoms with Crippen LogP contribution in [0.2, 0.25) is 0 Å². The van der Waals surface area contributed by atoms with Gasteiger partial charge in [0.2, 0.25) is 0 Å². The number of esters is 1. The minimum atomic E-state index is -0.338. The number of aryl methyl sites for hydroxylation is 1. The summed E-state index contributed by atoms with van der Waals surface area (Å²) in [6.45, 7) is 2.64. The van der Waals surface area contributed by atoms with Gasteiger partial charge < -0.3 is 14.0 Å². The molecule has 0 aliphatic heterocycles. The van der Waals surface area contributed by atoms with Crippen LogP contribution in [0.4, 0.5) is 0 Å². The lowest BCUT2D eigenvalue weighted by molar-refractivity contribution is 0.0514. The van der Waals surface area contributed by atoms with Crippen molar-refractivity contribution in [2.75, 3.05) is 6.61 Å². The molecule has 2 aromatic carbocycles. The number of hydrogen-bond acceptors (Lipinski definition) is 3. The van der Waals surface area contributed by atoms with Gasteiger partial charge in [0.15, 0.2) is 0 Å². The van der Waals surface area contributed by atoms with Crippen LogP contribution in [0.5, 0.6) is 5.75 Å². The van der Waals surface area contributed by atoms with Crippen LogP contribution in [-0.4, -0.2) is 17.1 Å². The lowest BCUT2D eigenvalue weighted by Gasteiger charge is -2.07. The average molecular weight is 388 g/mol. The highest BCUT2D eigenvalue weighted by Crippen LogP contribution is 2.33. The fourth-order valence-corrected chi connectivity index (χ4v) is 3.38. The van der Waals surface area contributed by atoms with Gasteiger partial charge in [-0.2, -0.15) is 0 Å². The molecule has 124 valence electrons. The van der Waals surface area contributed by atoms with Crippen molar-refractivity contribution < 1.29 is 14.3 Å². The van der Waals surface area contributed by atoms with E-state index in [4.69, 9.17) is 9.47 Å². The molecule has 3 rings (SSSR count). The monoisotopic (exact) mass is 387 g/mol. The minimum Gasteiger partial charge on any atom is -0.489 e. The number of aromatic nitrogens is 1. The molecular weight excluding hydrogens is 370 g/mol. The van der Waals surface area contributed by atoms with Gasteiger partial charge in [-0.3, -0.25) is 0 Å². The van der Waals surface area contributed by atoms with Crippen LogP contribution in [0.25, 0.3) is 10.9 Å². The number of halogens is 1. The van der Waals surface area contributed by atoms with Gasteiger partial charge in [-0.15, -0.1) is 0 Å². The van der Waals surface area contributed by atoms with Crippen LogP contribution < -0.4 is 4.74 Å². The molecule has 0 saturated carbocycles. The summed E-state index contributed by atoms with van der Waals surface area (Å²) < 4.78 is 13.6. The summed E-state index contributed by atoms with van der Waals surface area (Å²) >= 11 is 3.53. The van der Waals surface area contributed by atoms with Crippen LogP contribution in [0.1, 0.15) is 23.0 Å². The first-order chi connectivity index (χ1) is 11.6. The molecule has 0 aliphatic rings. The van der Waals surface area contributed by atoms with E-state index in [1.54, 1.807) is 6.92 Å². The Kier molecular flexibility index (Phi) is 4.90. The Hall–Kier alpha value is -2.27. The fourth-order valence-electron chi connectivity index (χ4n) is 2.64. The Morgan fingerprint density at radius 2 is 1.92 bits per heavy atom. The van der Waals surface area contributed by atoms with Crippen molar-refractivity contribution in [3.63, 3.8) is 0 Å². The molecule has 0 saturated heterocycles. The van der Waals surface area contributed by atoms with E-state index in [1.165, 1.54) is 0 Å². The molecule has 4 nitrogen and oxygen atoms in total. The molecule has 3 aromatic rings. The maximum atomic E-state index is 12.1. The summed E-state index contributed by atoms with van der Waals surface area (Å²) in [5.41, 5.74) is 2.56. The van der Waals surface area contributed by atoms with Crippen LogP contribution in [0.3, 0.4) is 0 Å². The summed E-state index contributed by atoms with van der Waals surface area (Å²) in [4.78, 5) is 12.1. The molecule has 0 spiro atoms. The molecule has 1 aromatic heterocycles. The number of fused-ring (bicyclic) bond motifs is 1. The van der Waals surface area contributed by atoms with Crippen molar-refractivity contribution in [1.82, 2.24) is 4.57 Å². The first-order valence-electron chi connectivity index (χ1n) is 7.73. The van der Waals surface area contributed by atoms with Crippen molar-refractivity contribution in [2.45, 2.75) is 13.5 Å². The van der Waals surface area contributed by atoms with Gasteiger partial charge in [-0.05, 0) is 46.6 Å². The number of nitrogens with zero attached hydrogens (tertiary/aromatic N) is 1. The Morgan fingerprint density at radius 3 is 2.62 bits per heavy atom. The molecule has 0 aliphatic carbocycles. The molecule has 0 radical (unpaired) electrons. The van der Waals surface area contributed by atoms with E-state index in [0.29, 0.717) is 18.9 Å². The lowest BCUT2D eigenvalue weighted by Crippen LogP contribution is -2.10. The first kappa shape index (κ1) is 16.6. The smallest absolute Gasteiger partial charge is 0.356 e. The van der Waals surface area contributed by atoms with Crippen molar-refractivity contribution in [1.29, 1.82) is 0 Å². The van der Waals surface area contributed by atoms with Crippen LogP contribution >= 0.6 is 15.9 Å².